The summed E-state index contributed by atoms with van der Waals surface area (Å²) in [4.78, 5) is 12.0. The van der Waals surface area contributed by atoms with Crippen molar-refractivity contribution in [2.75, 3.05) is 5.32 Å². The first-order chi connectivity index (χ1) is 8.97. The zero-order chi connectivity index (χ0) is 14.0. The van der Waals surface area contributed by atoms with Gasteiger partial charge >= 0.3 is 5.69 Å². The molecule has 0 spiro atoms. The van der Waals surface area contributed by atoms with E-state index in [1.54, 1.807) is 11.3 Å². The maximum atomic E-state index is 13.4. The Balaban J connectivity index is 2.08. The topological polar surface area (TPSA) is 55.2 Å². The summed E-state index contributed by atoms with van der Waals surface area (Å²) in [6, 6.07) is 5.78. The van der Waals surface area contributed by atoms with E-state index in [1.807, 2.05) is 13.0 Å². The van der Waals surface area contributed by atoms with E-state index >= 15 is 0 Å². The molecule has 100 valence electrons. The number of halogens is 2. The molecule has 0 aliphatic heterocycles. The Hall–Kier alpha value is -1.47. The van der Waals surface area contributed by atoms with Crippen LogP contribution >= 0.6 is 27.3 Å². The van der Waals surface area contributed by atoms with Crippen LogP contribution in [0.5, 0.6) is 0 Å². The number of hydrogen-bond donors (Lipinski definition) is 1. The van der Waals surface area contributed by atoms with Gasteiger partial charge in [-0.3, -0.25) is 10.1 Å². The highest BCUT2D eigenvalue weighted by atomic mass is 79.9. The van der Waals surface area contributed by atoms with Gasteiger partial charge in [0.2, 0.25) is 5.82 Å². The lowest BCUT2D eigenvalue weighted by molar-refractivity contribution is -0.387. The number of thiophene rings is 1. The highest BCUT2D eigenvalue weighted by molar-refractivity contribution is 9.10. The molecular weight excluding hydrogens is 335 g/mol. The third-order valence-electron chi connectivity index (χ3n) is 2.52. The largest absolute Gasteiger partial charge is 0.380 e. The first-order valence-corrected chi connectivity index (χ1v) is 7.01. The van der Waals surface area contributed by atoms with Crippen molar-refractivity contribution in [3.63, 3.8) is 0 Å². The molecule has 0 aliphatic rings. The lowest BCUT2D eigenvalue weighted by Crippen LogP contribution is -1.99. The number of hydrogen-bond acceptors (Lipinski definition) is 4. The van der Waals surface area contributed by atoms with Crippen LogP contribution in [0, 0.1) is 22.9 Å². The summed E-state index contributed by atoms with van der Waals surface area (Å²) in [5.41, 5.74) is 0.00513. The Labute approximate surface area is 121 Å². The molecule has 1 N–H and O–H groups in total. The standard InChI is InChI=1S/C12H10BrFN2O2S/c1-7-10(13)5-9(19-7)6-15-8-2-3-12(16(17)18)11(14)4-8/h2-5,15H,6H2,1H3. The molecular formula is C12H10BrFN2O2S. The molecule has 0 atom stereocenters. The molecule has 0 radical (unpaired) electrons. The second kappa shape index (κ2) is 5.66. The van der Waals surface area contributed by atoms with E-state index in [1.165, 1.54) is 10.9 Å². The minimum Gasteiger partial charge on any atom is -0.380 e. The van der Waals surface area contributed by atoms with Crippen LogP contribution in [0.3, 0.4) is 0 Å². The molecule has 4 nitrogen and oxygen atoms in total. The fourth-order valence-corrected chi connectivity index (χ4v) is 3.10. The van der Waals surface area contributed by atoms with Crippen molar-refractivity contribution in [3.05, 3.63) is 54.4 Å². The molecule has 2 aromatic rings. The van der Waals surface area contributed by atoms with Gasteiger partial charge in [-0.25, -0.2) is 0 Å². The SMILES string of the molecule is Cc1sc(CNc2ccc([N+](=O)[O-])c(F)c2)cc1Br. The van der Waals surface area contributed by atoms with Crippen molar-refractivity contribution in [1.29, 1.82) is 0 Å². The minimum absolute atomic E-state index is 0.514. The van der Waals surface area contributed by atoms with Gasteiger partial charge in [0.05, 0.1) is 4.92 Å². The Morgan fingerprint density at radius 2 is 2.21 bits per heavy atom. The fraction of sp³-hybridized carbons (Fsp3) is 0.167. The molecule has 0 unspecified atom stereocenters. The van der Waals surface area contributed by atoms with Crippen molar-refractivity contribution < 1.29 is 9.31 Å². The Kier molecular flexibility index (Phi) is 4.16. The quantitative estimate of drug-likeness (QED) is 0.657. The zero-order valence-electron chi connectivity index (χ0n) is 9.94. The molecule has 0 saturated carbocycles. The maximum Gasteiger partial charge on any atom is 0.304 e. The molecule has 7 heteroatoms. The summed E-state index contributed by atoms with van der Waals surface area (Å²) >= 11 is 5.06. The van der Waals surface area contributed by atoms with E-state index in [0.717, 1.165) is 21.5 Å². The summed E-state index contributed by atoms with van der Waals surface area (Å²) in [5, 5.41) is 13.5. The number of benzene rings is 1. The van der Waals surface area contributed by atoms with E-state index < -0.39 is 16.4 Å². The molecule has 1 heterocycles. The van der Waals surface area contributed by atoms with E-state index in [4.69, 9.17) is 0 Å². The van der Waals surface area contributed by atoms with E-state index in [0.29, 0.717) is 12.2 Å². The third kappa shape index (κ3) is 3.30. The van der Waals surface area contributed by atoms with Crippen LogP contribution in [-0.4, -0.2) is 4.92 Å². The van der Waals surface area contributed by atoms with Crippen molar-refractivity contribution >= 4 is 38.6 Å². The lowest BCUT2D eigenvalue weighted by atomic mass is 10.2. The van der Waals surface area contributed by atoms with Crippen LogP contribution in [0.25, 0.3) is 0 Å². The van der Waals surface area contributed by atoms with Crippen molar-refractivity contribution in [2.45, 2.75) is 13.5 Å². The number of rotatable bonds is 4. The minimum atomic E-state index is -0.835. The van der Waals surface area contributed by atoms with Crippen LogP contribution in [0.2, 0.25) is 0 Å². The number of nitro groups is 1. The maximum absolute atomic E-state index is 13.4. The molecule has 2 rings (SSSR count). The van der Waals surface area contributed by atoms with Crippen LogP contribution < -0.4 is 5.32 Å². The van der Waals surface area contributed by atoms with Crippen LogP contribution in [0.15, 0.2) is 28.7 Å². The van der Waals surface area contributed by atoms with Gasteiger partial charge in [0.25, 0.3) is 0 Å². The fourth-order valence-electron chi connectivity index (χ4n) is 1.56. The summed E-state index contributed by atoms with van der Waals surface area (Å²) in [6.45, 7) is 2.55. The molecule has 0 aliphatic carbocycles. The summed E-state index contributed by atoms with van der Waals surface area (Å²) in [7, 11) is 0. The highest BCUT2D eigenvalue weighted by Gasteiger charge is 2.13. The lowest BCUT2D eigenvalue weighted by Gasteiger charge is -2.04. The predicted molar refractivity (Wildman–Crippen MR) is 77.1 cm³/mol. The van der Waals surface area contributed by atoms with Gasteiger partial charge in [0.1, 0.15) is 0 Å². The van der Waals surface area contributed by atoms with Gasteiger partial charge in [-0.1, -0.05) is 0 Å². The van der Waals surface area contributed by atoms with Gasteiger partial charge in [-0.05, 0) is 35.0 Å². The Morgan fingerprint density at radius 3 is 2.74 bits per heavy atom. The molecule has 0 bridgehead atoms. The van der Waals surface area contributed by atoms with Crippen LogP contribution in [0.4, 0.5) is 15.8 Å². The third-order valence-corrected chi connectivity index (χ3v) is 4.66. The average Bonchev–Trinajstić information content (AvgIpc) is 2.66. The predicted octanol–water partition coefficient (Wildman–Crippen LogP) is 4.48. The summed E-state index contributed by atoms with van der Waals surface area (Å²) < 4.78 is 14.5. The van der Waals surface area contributed by atoms with Crippen molar-refractivity contribution in [1.82, 2.24) is 0 Å². The number of anilines is 1. The summed E-state index contributed by atoms with van der Waals surface area (Å²) in [6.07, 6.45) is 0. The van der Waals surface area contributed by atoms with Gasteiger partial charge in [0, 0.05) is 38.6 Å². The Morgan fingerprint density at radius 1 is 1.47 bits per heavy atom. The number of nitrogens with one attached hydrogen (secondary N) is 1. The smallest absolute Gasteiger partial charge is 0.304 e. The van der Waals surface area contributed by atoms with Gasteiger partial charge < -0.3 is 5.32 Å². The van der Waals surface area contributed by atoms with Crippen molar-refractivity contribution in [3.8, 4) is 0 Å². The molecule has 1 aromatic heterocycles. The van der Waals surface area contributed by atoms with Crippen molar-refractivity contribution in [2.24, 2.45) is 0 Å². The average molecular weight is 345 g/mol. The van der Waals surface area contributed by atoms with Crippen LogP contribution in [-0.2, 0) is 6.54 Å². The zero-order valence-corrected chi connectivity index (χ0v) is 12.3. The second-order valence-electron chi connectivity index (χ2n) is 3.89. The van der Waals surface area contributed by atoms with Gasteiger partial charge in [-0.15, -0.1) is 11.3 Å². The van der Waals surface area contributed by atoms with Crippen LogP contribution in [0.1, 0.15) is 9.75 Å². The molecule has 1 aromatic carbocycles. The molecule has 0 fully saturated rings. The monoisotopic (exact) mass is 344 g/mol. The normalized spacial score (nSPS) is 10.5. The van der Waals surface area contributed by atoms with E-state index in [9.17, 15) is 14.5 Å². The number of aryl methyl sites for hydroxylation is 1. The summed E-state index contributed by atoms with van der Waals surface area (Å²) in [5.74, 6) is -0.835. The van der Waals surface area contributed by atoms with E-state index in [-0.39, 0.29) is 0 Å². The molecule has 19 heavy (non-hydrogen) atoms. The first kappa shape index (κ1) is 14.0. The van der Waals surface area contributed by atoms with Gasteiger partial charge in [-0.2, -0.15) is 4.39 Å². The molecule has 0 amide bonds. The number of nitrogens with zero attached hydrogens (tertiary/aromatic N) is 1. The van der Waals surface area contributed by atoms with E-state index in [2.05, 4.69) is 21.2 Å². The van der Waals surface area contributed by atoms with Gasteiger partial charge in [0.15, 0.2) is 0 Å². The highest BCUT2D eigenvalue weighted by Crippen LogP contribution is 2.27. The number of nitro benzene ring substituents is 1. The first-order valence-electron chi connectivity index (χ1n) is 5.40. The molecule has 0 saturated heterocycles. The Bertz CT molecular complexity index is 611. The second-order valence-corrected chi connectivity index (χ2v) is 6.09.